The van der Waals surface area contributed by atoms with Crippen LogP contribution in [0.4, 0.5) is 0 Å². The first-order chi connectivity index (χ1) is 12.9. The van der Waals surface area contributed by atoms with Gasteiger partial charge in [0.2, 0.25) is 5.91 Å². The van der Waals surface area contributed by atoms with Crippen molar-refractivity contribution in [3.63, 3.8) is 0 Å². The Hall–Kier alpha value is -2.61. The van der Waals surface area contributed by atoms with Gasteiger partial charge in [-0.3, -0.25) is 19.3 Å². The molecule has 8 heteroatoms. The molecular weight excluding hydrogens is 350 g/mol. The molecule has 2 N–H and O–H groups in total. The highest BCUT2D eigenvalue weighted by atomic mass is 16.4. The first-order valence-electron chi connectivity index (χ1n) is 9.40. The van der Waals surface area contributed by atoms with Gasteiger partial charge in [-0.1, -0.05) is 0 Å². The molecule has 6 bridgehead atoms. The Morgan fingerprint density at radius 3 is 2.63 bits per heavy atom. The molecule has 3 saturated heterocycles. The summed E-state index contributed by atoms with van der Waals surface area (Å²) in [6, 6.07) is 1.33. The largest absolute Gasteiger partial charge is 0.504 e. The summed E-state index contributed by atoms with van der Waals surface area (Å²) < 4.78 is 5.28. The van der Waals surface area contributed by atoms with Crippen molar-refractivity contribution < 1.29 is 23.9 Å². The number of piperidine rings is 3. The molecule has 2 unspecified atom stereocenters. The number of imide groups is 1. The van der Waals surface area contributed by atoms with E-state index in [-0.39, 0.29) is 46.0 Å². The number of phenolic OH excluding ortho intramolecular Hbond substituents is 1. The molecule has 2 atom stereocenters. The van der Waals surface area contributed by atoms with Crippen LogP contribution in [0.15, 0.2) is 10.5 Å². The molecule has 27 heavy (non-hydrogen) atoms. The number of rotatable bonds is 3. The van der Waals surface area contributed by atoms with Gasteiger partial charge in [-0.05, 0) is 31.1 Å². The van der Waals surface area contributed by atoms with Crippen LogP contribution in [0.2, 0.25) is 0 Å². The second-order valence-corrected chi connectivity index (χ2v) is 8.67. The van der Waals surface area contributed by atoms with E-state index < -0.39 is 11.8 Å². The van der Waals surface area contributed by atoms with Crippen LogP contribution in [0.3, 0.4) is 0 Å². The summed E-state index contributed by atoms with van der Waals surface area (Å²) in [4.78, 5) is 41.4. The highest BCUT2D eigenvalue weighted by molar-refractivity contribution is 6.29. The molecule has 1 saturated carbocycles. The average molecular weight is 369 g/mol. The van der Waals surface area contributed by atoms with E-state index >= 15 is 0 Å². The van der Waals surface area contributed by atoms with Crippen LogP contribution < -0.4 is 5.32 Å². The maximum Gasteiger partial charge on any atom is 0.266 e. The van der Waals surface area contributed by atoms with Gasteiger partial charge < -0.3 is 19.7 Å². The average Bonchev–Trinajstić information content (AvgIpc) is 3.20. The predicted molar refractivity (Wildman–Crippen MR) is 92.6 cm³/mol. The first-order valence-corrected chi connectivity index (χ1v) is 9.40. The number of phenols is 1. The molecular formula is C19H19N3O5. The molecule has 8 nitrogen and oxygen atoms in total. The van der Waals surface area contributed by atoms with E-state index in [0.717, 1.165) is 37.4 Å². The normalized spacial score (nSPS) is 34.1. The minimum Gasteiger partial charge on any atom is -0.504 e. The van der Waals surface area contributed by atoms with Crippen LogP contribution in [0.1, 0.15) is 40.0 Å². The molecule has 4 aliphatic heterocycles. The molecule has 6 heterocycles. The van der Waals surface area contributed by atoms with E-state index in [4.69, 9.17) is 4.42 Å². The lowest BCUT2D eigenvalue weighted by Gasteiger charge is -2.58. The van der Waals surface area contributed by atoms with E-state index in [2.05, 4.69) is 10.2 Å². The third-order valence-electron chi connectivity index (χ3n) is 6.64. The number of nitrogens with zero attached hydrogens (tertiary/aromatic N) is 2. The number of amides is 3. The molecule has 2 aromatic heterocycles. The van der Waals surface area contributed by atoms with Crippen LogP contribution in [-0.4, -0.2) is 64.3 Å². The number of carbonyl (C=O) groups excluding carboxylic acids is 3. The predicted octanol–water partition coefficient (Wildman–Crippen LogP) is 0.773. The maximum absolute atomic E-state index is 12.7. The Kier molecular flexibility index (Phi) is 2.75. The van der Waals surface area contributed by atoms with Crippen LogP contribution in [0, 0.1) is 11.8 Å². The zero-order valence-electron chi connectivity index (χ0n) is 14.7. The Bertz CT molecular complexity index is 973. The van der Waals surface area contributed by atoms with Gasteiger partial charge in [0.05, 0.1) is 11.1 Å². The number of aromatic hydroxyl groups is 1. The number of nitrogens with one attached hydrogen (secondary N) is 1. The number of benzene rings is 1. The minimum atomic E-state index is -0.580. The topological polar surface area (TPSA) is 103 Å². The summed E-state index contributed by atoms with van der Waals surface area (Å²) in [6.07, 6.45) is 3.19. The van der Waals surface area contributed by atoms with Crippen molar-refractivity contribution in [3.05, 3.63) is 17.2 Å². The molecule has 5 aliphatic rings. The number of carbonyl (C=O) groups is 3. The Labute approximate surface area is 154 Å². The molecule has 1 aliphatic carbocycles. The molecule has 4 fully saturated rings. The van der Waals surface area contributed by atoms with Crippen LogP contribution in [0.5, 0.6) is 5.75 Å². The molecule has 3 amide bonds. The number of hydrogen-bond acceptors (Lipinski definition) is 6. The van der Waals surface area contributed by atoms with Crippen LogP contribution in [0.25, 0.3) is 11.2 Å². The molecule has 0 radical (unpaired) electrons. The van der Waals surface area contributed by atoms with Gasteiger partial charge in [0, 0.05) is 25.7 Å². The summed E-state index contributed by atoms with van der Waals surface area (Å²) in [5, 5.41) is 12.9. The van der Waals surface area contributed by atoms with Crippen molar-refractivity contribution in [1.29, 1.82) is 0 Å². The van der Waals surface area contributed by atoms with Crippen molar-refractivity contribution in [2.45, 2.75) is 24.8 Å². The molecule has 7 rings (SSSR count). The summed E-state index contributed by atoms with van der Waals surface area (Å²) >= 11 is 0. The van der Waals surface area contributed by atoms with Crippen molar-refractivity contribution in [2.75, 3.05) is 26.2 Å². The van der Waals surface area contributed by atoms with Gasteiger partial charge in [-0.15, -0.1) is 0 Å². The third-order valence-corrected chi connectivity index (χ3v) is 6.64. The standard InChI is InChI=1S/C19H19N3O5/c23-11-2-12-14-15(16(11)27-12)18(26)22(17(14)25)7-13(24)20-19-3-9-1-10(4-19)6-21(5-9)8-19/h2,9-10,23H,1,3-8H2,(H,20,24). The molecule has 140 valence electrons. The van der Waals surface area contributed by atoms with Crippen molar-refractivity contribution in [2.24, 2.45) is 11.8 Å². The quantitative estimate of drug-likeness (QED) is 0.775. The SMILES string of the molecule is O=C(CN1C(=O)c2c(c3oc2cc3O)C1=O)NC12CC3CC(CN(C3)C1)C2. The van der Waals surface area contributed by atoms with Crippen molar-refractivity contribution in [1.82, 2.24) is 15.1 Å². The van der Waals surface area contributed by atoms with Gasteiger partial charge in [0.1, 0.15) is 17.7 Å². The fourth-order valence-corrected chi connectivity index (χ4v) is 6.06. The Balaban J connectivity index is 1.22. The van der Waals surface area contributed by atoms with Crippen molar-refractivity contribution >= 4 is 28.9 Å². The van der Waals surface area contributed by atoms with E-state index in [1.54, 1.807) is 0 Å². The zero-order chi connectivity index (χ0) is 18.5. The van der Waals surface area contributed by atoms with Gasteiger partial charge in [-0.2, -0.15) is 0 Å². The first kappa shape index (κ1) is 15.4. The zero-order valence-corrected chi connectivity index (χ0v) is 14.7. The lowest BCUT2D eigenvalue weighted by molar-refractivity contribution is -0.128. The van der Waals surface area contributed by atoms with E-state index in [9.17, 15) is 19.5 Å². The molecule has 0 spiro atoms. The number of fused-ring (bicyclic) bond motifs is 5. The fourth-order valence-electron chi connectivity index (χ4n) is 6.06. The second kappa shape index (κ2) is 4.81. The third kappa shape index (κ3) is 1.99. The second-order valence-electron chi connectivity index (χ2n) is 8.67. The summed E-state index contributed by atoms with van der Waals surface area (Å²) in [7, 11) is 0. The van der Waals surface area contributed by atoms with E-state index in [1.165, 1.54) is 12.5 Å². The van der Waals surface area contributed by atoms with Gasteiger partial charge in [0.25, 0.3) is 11.8 Å². The van der Waals surface area contributed by atoms with Gasteiger partial charge >= 0.3 is 0 Å². The maximum atomic E-state index is 12.7. The van der Waals surface area contributed by atoms with Crippen LogP contribution >= 0.6 is 0 Å². The molecule has 2 aromatic rings. The van der Waals surface area contributed by atoms with Gasteiger partial charge in [0.15, 0.2) is 11.3 Å². The van der Waals surface area contributed by atoms with E-state index in [1.807, 2.05) is 0 Å². The van der Waals surface area contributed by atoms with Crippen LogP contribution in [-0.2, 0) is 4.79 Å². The van der Waals surface area contributed by atoms with E-state index in [0.29, 0.717) is 11.8 Å². The minimum absolute atomic E-state index is 0.0233. The summed E-state index contributed by atoms with van der Waals surface area (Å²) in [5.41, 5.74) is 0.210. The Morgan fingerprint density at radius 1 is 1.22 bits per heavy atom. The van der Waals surface area contributed by atoms with Crippen molar-refractivity contribution in [3.8, 4) is 5.75 Å². The number of hydrogen-bond donors (Lipinski definition) is 2. The molecule has 0 aromatic carbocycles. The monoisotopic (exact) mass is 369 g/mol. The highest BCUT2D eigenvalue weighted by Gasteiger charge is 2.51. The lowest BCUT2D eigenvalue weighted by Crippen LogP contribution is -2.69. The fraction of sp³-hybridized carbons (Fsp3) is 0.526. The Morgan fingerprint density at radius 2 is 1.93 bits per heavy atom. The highest BCUT2D eigenvalue weighted by Crippen LogP contribution is 2.46. The smallest absolute Gasteiger partial charge is 0.266 e. The lowest BCUT2D eigenvalue weighted by atomic mass is 9.64. The van der Waals surface area contributed by atoms with Gasteiger partial charge in [-0.25, -0.2) is 0 Å². The summed E-state index contributed by atoms with van der Waals surface area (Å²) in [5.74, 6) is -0.319. The number of furan rings is 2. The summed E-state index contributed by atoms with van der Waals surface area (Å²) in [6.45, 7) is 2.77.